The van der Waals surface area contributed by atoms with Crippen molar-refractivity contribution in [3.8, 4) is 5.75 Å². The zero-order valence-corrected chi connectivity index (χ0v) is 12.5. The summed E-state index contributed by atoms with van der Waals surface area (Å²) in [5.74, 6) is 0.889. The largest absolute Gasteiger partial charge is 0.491 e. The Labute approximate surface area is 117 Å². The van der Waals surface area contributed by atoms with Gasteiger partial charge in [0.25, 0.3) is 0 Å². The van der Waals surface area contributed by atoms with E-state index >= 15 is 0 Å². The van der Waals surface area contributed by atoms with Gasteiger partial charge in [-0.1, -0.05) is 15.9 Å². The highest BCUT2D eigenvalue weighted by Gasteiger charge is 2.04. The summed E-state index contributed by atoms with van der Waals surface area (Å²) in [7, 11) is 3.36. The first-order valence-corrected chi connectivity index (χ1v) is 6.67. The van der Waals surface area contributed by atoms with Gasteiger partial charge < -0.3 is 19.5 Å². The number of halogens is 1. The van der Waals surface area contributed by atoms with Gasteiger partial charge in [0, 0.05) is 37.3 Å². The Bertz CT molecular complexity index is 347. The van der Waals surface area contributed by atoms with E-state index in [2.05, 4.69) is 27.3 Å². The summed E-state index contributed by atoms with van der Waals surface area (Å²) in [4.78, 5) is 0. The minimum absolute atomic E-state index is 0.559. The van der Waals surface area contributed by atoms with Crippen LogP contribution in [0, 0.1) is 0 Å². The fourth-order valence-corrected chi connectivity index (χ4v) is 1.87. The van der Waals surface area contributed by atoms with Crippen LogP contribution in [0.5, 0.6) is 5.75 Å². The number of benzene rings is 1. The SMILES string of the molecule is COCCNCc1cc(Br)ccc1OCCOC. The molecule has 4 nitrogen and oxygen atoms in total. The molecule has 0 unspecified atom stereocenters. The normalized spacial score (nSPS) is 10.6. The molecule has 0 spiro atoms. The second kappa shape index (κ2) is 9.33. The third-order valence-corrected chi connectivity index (χ3v) is 2.86. The van der Waals surface area contributed by atoms with Crippen LogP contribution in [0.25, 0.3) is 0 Å². The predicted molar refractivity (Wildman–Crippen MR) is 75.1 cm³/mol. The molecule has 0 heterocycles. The molecule has 0 saturated carbocycles. The molecule has 18 heavy (non-hydrogen) atoms. The lowest BCUT2D eigenvalue weighted by atomic mass is 10.2. The number of methoxy groups -OCH3 is 2. The monoisotopic (exact) mass is 317 g/mol. The summed E-state index contributed by atoms with van der Waals surface area (Å²) in [6.45, 7) is 3.43. The van der Waals surface area contributed by atoms with Crippen LogP contribution in [-0.4, -0.2) is 40.6 Å². The van der Waals surface area contributed by atoms with Crippen molar-refractivity contribution >= 4 is 15.9 Å². The third kappa shape index (κ3) is 5.82. The van der Waals surface area contributed by atoms with Crippen molar-refractivity contribution in [1.29, 1.82) is 0 Å². The standard InChI is InChI=1S/C13H20BrNO3/c1-16-6-5-15-10-11-9-12(14)3-4-13(11)18-8-7-17-2/h3-4,9,15H,5-8,10H2,1-2H3. The molecule has 0 bridgehead atoms. The molecule has 0 radical (unpaired) electrons. The van der Waals surface area contributed by atoms with E-state index in [-0.39, 0.29) is 0 Å². The third-order valence-electron chi connectivity index (χ3n) is 2.37. The molecule has 1 aromatic rings. The minimum Gasteiger partial charge on any atom is -0.491 e. The Balaban J connectivity index is 2.53. The molecule has 0 fully saturated rings. The van der Waals surface area contributed by atoms with Gasteiger partial charge in [-0.2, -0.15) is 0 Å². The first-order valence-electron chi connectivity index (χ1n) is 5.87. The van der Waals surface area contributed by atoms with Crippen LogP contribution in [0.2, 0.25) is 0 Å². The van der Waals surface area contributed by atoms with E-state index in [1.807, 2.05) is 12.1 Å². The second-order valence-electron chi connectivity index (χ2n) is 3.76. The highest BCUT2D eigenvalue weighted by molar-refractivity contribution is 9.10. The second-order valence-corrected chi connectivity index (χ2v) is 4.68. The summed E-state index contributed by atoms with van der Waals surface area (Å²) in [6, 6.07) is 6.00. The minimum atomic E-state index is 0.559. The van der Waals surface area contributed by atoms with Gasteiger partial charge in [0.15, 0.2) is 0 Å². The first-order chi connectivity index (χ1) is 8.77. The fourth-order valence-electron chi connectivity index (χ4n) is 1.46. The summed E-state index contributed by atoms with van der Waals surface area (Å²) >= 11 is 3.47. The van der Waals surface area contributed by atoms with Crippen molar-refractivity contribution in [3.63, 3.8) is 0 Å². The smallest absolute Gasteiger partial charge is 0.123 e. The van der Waals surface area contributed by atoms with Crippen LogP contribution < -0.4 is 10.1 Å². The summed E-state index contributed by atoms with van der Waals surface area (Å²) < 4.78 is 16.7. The van der Waals surface area contributed by atoms with E-state index in [1.54, 1.807) is 14.2 Å². The lowest BCUT2D eigenvalue weighted by Gasteiger charge is -2.12. The lowest BCUT2D eigenvalue weighted by molar-refractivity contribution is 0.145. The molecule has 0 atom stereocenters. The quantitative estimate of drug-likeness (QED) is 0.709. The maximum absolute atomic E-state index is 5.67. The molecule has 102 valence electrons. The highest BCUT2D eigenvalue weighted by Crippen LogP contribution is 2.23. The molecule has 1 N–H and O–H groups in total. The average Bonchev–Trinajstić information content (AvgIpc) is 2.37. The molecule has 0 aliphatic rings. The van der Waals surface area contributed by atoms with Gasteiger partial charge in [-0.05, 0) is 18.2 Å². The molecule has 1 aromatic carbocycles. The fraction of sp³-hybridized carbons (Fsp3) is 0.538. The van der Waals surface area contributed by atoms with Gasteiger partial charge in [0.1, 0.15) is 12.4 Å². The molecule has 1 rings (SSSR count). The van der Waals surface area contributed by atoms with Gasteiger partial charge in [-0.25, -0.2) is 0 Å². The van der Waals surface area contributed by atoms with Crippen LogP contribution in [0.15, 0.2) is 22.7 Å². The zero-order valence-electron chi connectivity index (χ0n) is 10.9. The molecule has 0 aliphatic carbocycles. The van der Waals surface area contributed by atoms with E-state index in [4.69, 9.17) is 14.2 Å². The number of rotatable bonds is 9. The van der Waals surface area contributed by atoms with Crippen molar-refractivity contribution in [2.24, 2.45) is 0 Å². The van der Waals surface area contributed by atoms with Gasteiger partial charge in [0.05, 0.1) is 13.2 Å². The Morgan fingerprint density at radius 2 is 1.89 bits per heavy atom. The molecule has 0 amide bonds. The van der Waals surface area contributed by atoms with Gasteiger partial charge in [-0.15, -0.1) is 0 Å². The van der Waals surface area contributed by atoms with E-state index in [9.17, 15) is 0 Å². The van der Waals surface area contributed by atoms with Crippen LogP contribution >= 0.6 is 15.9 Å². The van der Waals surface area contributed by atoms with Crippen LogP contribution in [-0.2, 0) is 16.0 Å². The van der Waals surface area contributed by atoms with Gasteiger partial charge in [0.2, 0.25) is 0 Å². The van der Waals surface area contributed by atoms with E-state index in [0.717, 1.165) is 28.9 Å². The zero-order chi connectivity index (χ0) is 13.2. The molecule has 0 saturated heterocycles. The van der Waals surface area contributed by atoms with Crippen molar-refractivity contribution in [2.45, 2.75) is 6.54 Å². The van der Waals surface area contributed by atoms with Crippen LogP contribution in [0.1, 0.15) is 5.56 Å². The van der Waals surface area contributed by atoms with E-state index in [0.29, 0.717) is 19.8 Å². The highest BCUT2D eigenvalue weighted by atomic mass is 79.9. The maximum atomic E-state index is 5.67. The van der Waals surface area contributed by atoms with Crippen LogP contribution in [0.4, 0.5) is 0 Å². The van der Waals surface area contributed by atoms with Crippen LogP contribution in [0.3, 0.4) is 0 Å². The van der Waals surface area contributed by atoms with Crippen molar-refractivity contribution in [3.05, 3.63) is 28.2 Å². The van der Waals surface area contributed by atoms with Crippen molar-refractivity contribution in [2.75, 3.05) is 40.6 Å². The summed E-state index contributed by atoms with van der Waals surface area (Å²) in [5, 5.41) is 3.30. The lowest BCUT2D eigenvalue weighted by Crippen LogP contribution is -2.19. The van der Waals surface area contributed by atoms with E-state index in [1.165, 1.54) is 0 Å². The molecule has 5 heteroatoms. The summed E-state index contributed by atoms with van der Waals surface area (Å²) in [5.41, 5.74) is 1.12. The summed E-state index contributed by atoms with van der Waals surface area (Å²) in [6.07, 6.45) is 0. The Morgan fingerprint density at radius 1 is 1.11 bits per heavy atom. The molecule has 0 aliphatic heterocycles. The van der Waals surface area contributed by atoms with E-state index < -0.39 is 0 Å². The topological polar surface area (TPSA) is 39.7 Å². The number of hydrogen-bond donors (Lipinski definition) is 1. The maximum Gasteiger partial charge on any atom is 0.123 e. The predicted octanol–water partition coefficient (Wildman–Crippen LogP) is 2.21. The molecular weight excluding hydrogens is 298 g/mol. The van der Waals surface area contributed by atoms with Crippen molar-refractivity contribution < 1.29 is 14.2 Å². The first kappa shape index (κ1) is 15.4. The number of ether oxygens (including phenoxy) is 3. The number of nitrogens with one attached hydrogen (secondary N) is 1. The number of hydrogen-bond acceptors (Lipinski definition) is 4. The molecule has 0 aromatic heterocycles. The van der Waals surface area contributed by atoms with Gasteiger partial charge in [-0.3, -0.25) is 0 Å². The Morgan fingerprint density at radius 3 is 2.61 bits per heavy atom. The average molecular weight is 318 g/mol. The Hall–Kier alpha value is -0.620. The molecular formula is C13H20BrNO3. The van der Waals surface area contributed by atoms with Crippen molar-refractivity contribution in [1.82, 2.24) is 5.32 Å². The van der Waals surface area contributed by atoms with Gasteiger partial charge >= 0.3 is 0 Å². The Kier molecular flexibility index (Phi) is 8.00.